The number of hydrogen-bond acceptors (Lipinski definition) is 8. The Morgan fingerprint density at radius 2 is 1.87 bits per heavy atom. The number of anilines is 2. The first kappa shape index (κ1) is 23.4. The van der Waals surface area contributed by atoms with Crippen LogP contribution in [-0.2, 0) is 0 Å². The van der Waals surface area contributed by atoms with Crippen molar-refractivity contribution in [2.24, 2.45) is 0 Å². The van der Waals surface area contributed by atoms with Crippen LogP contribution >= 0.6 is 11.3 Å². The molecule has 10 nitrogen and oxygen atoms in total. The Kier molecular flexibility index (Phi) is 5.61. The number of nitrogens with zero attached hydrogens (tertiary/aromatic N) is 5. The van der Waals surface area contributed by atoms with Gasteiger partial charge in [-0.2, -0.15) is 0 Å². The van der Waals surface area contributed by atoms with Gasteiger partial charge in [-0.15, -0.1) is 5.10 Å². The zero-order valence-corrected chi connectivity index (χ0v) is 21.0. The summed E-state index contributed by atoms with van der Waals surface area (Å²) in [7, 11) is 0. The van der Waals surface area contributed by atoms with E-state index in [0.29, 0.717) is 27.5 Å². The Hall–Kier alpha value is -5.03. The summed E-state index contributed by atoms with van der Waals surface area (Å²) in [4.78, 5) is 36.7. The molecule has 6 rings (SSSR count). The molecule has 0 aliphatic heterocycles. The van der Waals surface area contributed by atoms with Gasteiger partial charge in [0, 0.05) is 35.5 Å². The summed E-state index contributed by atoms with van der Waals surface area (Å²) in [6.45, 7) is 1.82. The molecule has 11 heteroatoms. The number of amides is 1. The maximum absolute atomic E-state index is 14.2. The lowest BCUT2D eigenvalue weighted by Gasteiger charge is -2.21. The molecule has 1 amide bonds. The van der Waals surface area contributed by atoms with E-state index < -0.39 is 11.9 Å². The SMILES string of the molecule is C[C@H](NC(=O)c1c(N)nn2cccnc12)c1cc2cccc(-c3cnc(N)s3)c2c(=O)n1-c1ccccc1. The summed E-state index contributed by atoms with van der Waals surface area (Å²) >= 11 is 1.32. The Morgan fingerprint density at radius 1 is 1.05 bits per heavy atom. The maximum atomic E-state index is 14.2. The number of nitrogens with two attached hydrogens (primary N) is 2. The van der Waals surface area contributed by atoms with Crippen molar-refractivity contribution in [3.63, 3.8) is 0 Å². The van der Waals surface area contributed by atoms with Gasteiger partial charge in [-0.05, 0) is 36.6 Å². The van der Waals surface area contributed by atoms with Gasteiger partial charge >= 0.3 is 0 Å². The van der Waals surface area contributed by atoms with Crippen LogP contribution in [0, 0.1) is 0 Å². The van der Waals surface area contributed by atoms with Crippen LogP contribution in [-0.4, -0.2) is 30.1 Å². The predicted molar refractivity (Wildman–Crippen MR) is 148 cm³/mol. The highest BCUT2D eigenvalue weighted by atomic mass is 32.1. The van der Waals surface area contributed by atoms with Crippen LogP contribution in [0.1, 0.15) is 29.0 Å². The molecule has 0 fully saturated rings. The molecule has 0 spiro atoms. The van der Waals surface area contributed by atoms with Gasteiger partial charge in [-0.1, -0.05) is 47.7 Å². The second-order valence-corrected chi connectivity index (χ2v) is 9.78. The van der Waals surface area contributed by atoms with Gasteiger partial charge < -0.3 is 16.8 Å². The van der Waals surface area contributed by atoms with Crippen molar-refractivity contribution < 1.29 is 4.79 Å². The fraction of sp³-hybridized carbons (Fsp3) is 0.0741. The Morgan fingerprint density at radius 3 is 2.63 bits per heavy atom. The molecule has 0 radical (unpaired) electrons. The molecule has 38 heavy (non-hydrogen) atoms. The number of carbonyl (C=O) groups is 1. The van der Waals surface area contributed by atoms with E-state index in [1.807, 2.05) is 61.5 Å². The molecule has 1 atom stereocenters. The molecule has 0 aliphatic rings. The number of aromatic nitrogens is 5. The minimum Gasteiger partial charge on any atom is -0.381 e. The van der Waals surface area contributed by atoms with Gasteiger partial charge in [0.2, 0.25) is 0 Å². The molecule has 0 saturated heterocycles. The lowest BCUT2D eigenvalue weighted by molar-refractivity contribution is 0.0941. The fourth-order valence-electron chi connectivity index (χ4n) is 4.63. The average Bonchev–Trinajstić information content (AvgIpc) is 3.50. The van der Waals surface area contributed by atoms with Crippen molar-refractivity contribution in [3.8, 4) is 16.1 Å². The number of rotatable bonds is 5. The summed E-state index contributed by atoms with van der Waals surface area (Å²) in [5.41, 5.74) is 14.3. The number of benzene rings is 2. The summed E-state index contributed by atoms with van der Waals surface area (Å²) < 4.78 is 3.08. The average molecular weight is 523 g/mol. The number of nitrogens with one attached hydrogen (secondary N) is 1. The normalized spacial score (nSPS) is 12.1. The smallest absolute Gasteiger partial charge is 0.263 e. The third-order valence-electron chi connectivity index (χ3n) is 6.32. The van der Waals surface area contributed by atoms with Crippen LogP contribution in [0.2, 0.25) is 0 Å². The fourth-order valence-corrected chi connectivity index (χ4v) is 5.34. The highest BCUT2D eigenvalue weighted by Crippen LogP contribution is 2.33. The minimum absolute atomic E-state index is 0.0702. The number of nitrogen functional groups attached to an aromatic ring is 2. The molecule has 2 aromatic carbocycles. The van der Waals surface area contributed by atoms with E-state index in [1.54, 1.807) is 29.2 Å². The Balaban J connectivity index is 1.51. The first-order chi connectivity index (χ1) is 18.4. The van der Waals surface area contributed by atoms with Crippen LogP contribution < -0.4 is 22.3 Å². The topological polar surface area (TPSA) is 146 Å². The summed E-state index contributed by atoms with van der Waals surface area (Å²) in [6.07, 6.45) is 4.91. The molecular weight excluding hydrogens is 500 g/mol. The van der Waals surface area contributed by atoms with E-state index in [-0.39, 0.29) is 16.9 Å². The summed E-state index contributed by atoms with van der Waals surface area (Å²) in [5, 5.41) is 8.87. The van der Waals surface area contributed by atoms with Gasteiger partial charge in [0.05, 0.1) is 16.3 Å². The third-order valence-corrected chi connectivity index (χ3v) is 7.18. The first-order valence-electron chi connectivity index (χ1n) is 11.8. The molecule has 0 bridgehead atoms. The minimum atomic E-state index is -0.569. The van der Waals surface area contributed by atoms with Crippen molar-refractivity contribution in [1.29, 1.82) is 0 Å². The lowest BCUT2D eigenvalue weighted by Crippen LogP contribution is -2.32. The molecule has 4 heterocycles. The standard InChI is InChI=1S/C27H22N8O2S/c1-15(32-25(36)22-23(28)33-34-12-6-11-30-24(22)34)19-13-16-7-5-10-18(20-14-31-27(29)38-20)21(16)26(37)35(19)17-8-3-2-4-9-17/h2-15H,1H3,(H2,28,33)(H2,29,31)(H,32,36)/t15-/m0/s1. The van der Waals surface area contributed by atoms with Gasteiger partial charge in [-0.3, -0.25) is 14.2 Å². The van der Waals surface area contributed by atoms with Gasteiger partial charge in [0.15, 0.2) is 16.6 Å². The van der Waals surface area contributed by atoms with Crippen LogP contribution in [0.4, 0.5) is 10.9 Å². The quantitative estimate of drug-likeness (QED) is 0.312. The molecule has 188 valence electrons. The van der Waals surface area contributed by atoms with E-state index >= 15 is 0 Å². The van der Waals surface area contributed by atoms with Crippen molar-refractivity contribution in [2.75, 3.05) is 11.5 Å². The van der Waals surface area contributed by atoms with E-state index in [4.69, 9.17) is 11.5 Å². The van der Waals surface area contributed by atoms with Gasteiger partial charge in [0.25, 0.3) is 11.5 Å². The number of pyridine rings is 1. The Labute approximate surface area is 220 Å². The number of hydrogen-bond donors (Lipinski definition) is 3. The highest BCUT2D eigenvalue weighted by molar-refractivity contribution is 7.18. The van der Waals surface area contributed by atoms with Gasteiger partial charge in [0.1, 0.15) is 5.56 Å². The maximum Gasteiger partial charge on any atom is 0.263 e. The second-order valence-electron chi connectivity index (χ2n) is 8.72. The number of thiazole rings is 1. The van der Waals surface area contributed by atoms with E-state index in [2.05, 4.69) is 20.4 Å². The Bertz CT molecular complexity index is 1890. The van der Waals surface area contributed by atoms with Crippen molar-refractivity contribution in [1.82, 2.24) is 29.5 Å². The van der Waals surface area contributed by atoms with Crippen LogP contribution in [0.5, 0.6) is 0 Å². The zero-order chi connectivity index (χ0) is 26.4. The van der Waals surface area contributed by atoms with Crippen molar-refractivity contribution >= 4 is 44.6 Å². The van der Waals surface area contributed by atoms with Crippen LogP contribution in [0.3, 0.4) is 0 Å². The molecule has 0 unspecified atom stereocenters. The number of fused-ring (bicyclic) bond motifs is 2. The molecule has 0 saturated carbocycles. The molecule has 5 N–H and O–H groups in total. The third kappa shape index (κ3) is 3.85. The first-order valence-corrected chi connectivity index (χ1v) is 12.6. The molecule has 4 aromatic heterocycles. The molecular formula is C27H22N8O2S. The van der Waals surface area contributed by atoms with Crippen molar-refractivity contribution in [3.05, 3.63) is 101 Å². The largest absolute Gasteiger partial charge is 0.381 e. The second kappa shape index (κ2) is 9.12. The molecule has 6 aromatic rings. The monoisotopic (exact) mass is 522 g/mol. The lowest BCUT2D eigenvalue weighted by atomic mass is 10.0. The summed E-state index contributed by atoms with van der Waals surface area (Å²) in [6, 6.07) is 18.0. The van der Waals surface area contributed by atoms with Crippen LogP contribution in [0.25, 0.3) is 32.5 Å². The molecule has 0 aliphatic carbocycles. The number of para-hydroxylation sites is 1. The van der Waals surface area contributed by atoms with E-state index in [9.17, 15) is 9.59 Å². The highest BCUT2D eigenvalue weighted by Gasteiger charge is 2.24. The number of carbonyl (C=O) groups excluding carboxylic acids is 1. The summed E-state index contributed by atoms with van der Waals surface area (Å²) in [5.74, 6) is -0.370. The van der Waals surface area contributed by atoms with E-state index in [0.717, 1.165) is 15.8 Å². The zero-order valence-electron chi connectivity index (χ0n) is 20.2. The van der Waals surface area contributed by atoms with Gasteiger partial charge in [-0.25, -0.2) is 14.5 Å². The van der Waals surface area contributed by atoms with E-state index in [1.165, 1.54) is 15.9 Å². The van der Waals surface area contributed by atoms with Crippen LogP contribution in [0.15, 0.2) is 84.0 Å². The van der Waals surface area contributed by atoms with Crippen molar-refractivity contribution in [2.45, 2.75) is 13.0 Å². The predicted octanol–water partition coefficient (Wildman–Crippen LogP) is 3.81.